The fraction of sp³-hybridized carbons (Fsp3) is 0.736. The summed E-state index contributed by atoms with van der Waals surface area (Å²) in [5.41, 5.74) is 0. The van der Waals surface area contributed by atoms with Gasteiger partial charge in [0, 0.05) is 19.3 Å². The van der Waals surface area contributed by atoms with Gasteiger partial charge in [0.15, 0.2) is 6.10 Å². The summed E-state index contributed by atoms with van der Waals surface area (Å²) in [6.07, 6.45) is 88.4. The van der Waals surface area contributed by atoms with E-state index in [0.29, 0.717) is 19.3 Å². The summed E-state index contributed by atoms with van der Waals surface area (Å²) in [7, 11) is 0. The third-order valence-electron chi connectivity index (χ3n) is 14.3. The number of hydrogen-bond donors (Lipinski definition) is 0. The average Bonchev–Trinajstić information content (AvgIpc) is 3.44. The van der Waals surface area contributed by atoms with Gasteiger partial charge in [-0.05, 0) is 116 Å². The Morgan fingerprint density at radius 1 is 0.269 bits per heavy atom. The van der Waals surface area contributed by atoms with Gasteiger partial charge >= 0.3 is 17.9 Å². The first kappa shape index (κ1) is 74.3. The Labute approximate surface area is 483 Å². The summed E-state index contributed by atoms with van der Waals surface area (Å²) >= 11 is 0. The summed E-state index contributed by atoms with van der Waals surface area (Å²) in [4.78, 5) is 38.4. The molecule has 0 N–H and O–H groups in total. The number of carbonyl (C=O) groups excluding carboxylic acids is 3. The van der Waals surface area contributed by atoms with E-state index in [2.05, 4.69) is 118 Å². The van der Waals surface area contributed by atoms with Crippen LogP contribution in [0, 0.1) is 0 Å². The number of hydrogen-bond acceptors (Lipinski definition) is 6. The second-order valence-electron chi connectivity index (χ2n) is 22.0. The Balaban J connectivity index is 4.35. The van der Waals surface area contributed by atoms with Crippen LogP contribution in [-0.4, -0.2) is 37.2 Å². The van der Waals surface area contributed by atoms with Gasteiger partial charge in [-0.15, -0.1) is 0 Å². The lowest BCUT2D eigenvalue weighted by Crippen LogP contribution is -2.30. The summed E-state index contributed by atoms with van der Waals surface area (Å²) in [5, 5.41) is 0. The maximum absolute atomic E-state index is 12.9. The van der Waals surface area contributed by atoms with E-state index in [1.54, 1.807) is 0 Å². The van der Waals surface area contributed by atoms with Crippen molar-refractivity contribution in [1.29, 1.82) is 0 Å². The third kappa shape index (κ3) is 63.2. The predicted octanol–water partition coefficient (Wildman–Crippen LogP) is 22.8. The first-order valence-electron chi connectivity index (χ1n) is 33.2. The number of carbonyl (C=O) groups is 3. The quantitative estimate of drug-likeness (QED) is 0.0261. The highest BCUT2D eigenvalue weighted by Crippen LogP contribution is 2.16. The van der Waals surface area contributed by atoms with Crippen LogP contribution < -0.4 is 0 Å². The van der Waals surface area contributed by atoms with E-state index in [9.17, 15) is 14.4 Å². The number of allylic oxidation sites excluding steroid dienone is 16. The van der Waals surface area contributed by atoms with Crippen LogP contribution in [0.15, 0.2) is 97.2 Å². The van der Waals surface area contributed by atoms with Crippen LogP contribution in [0.2, 0.25) is 0 Å². The highest BCUT2D eigenvalue weighted by Gasteiger charge is 2.19. The molecule has 0 aromatic carbocycles. The minimum atomic E-state index is -0.789. The molecule has 0 rings (SSSR count). The molecule has 448 valence electrons. The van der Waals surface area contributed by atoms with E-state index in [-0.39, 0.29) is 31.1 Å². The smallest absolute Gasteiger partial charge is 0.306 e. The molecule has 0 fully saturated rings. The van der Waals surface area contributed by atoms with E-state index >= 15 is 0 Å². The van der Waals surface area contributed by atoms with Crippen molar-refractivity contribution in [2.24, 2.45) is 0 Å². The Morgan fingerprint density at radius 2 is 0.513 bits per heavy atom. The zero-order valence-electron chi connectivity index (χ0n) is 51.4. The highest BCUT2D eigenvalue weighted by molar-refractivity contribution is 5.71. The van der Waals surface area contributed by atoms with Crippen LogP contribution in [-0.2, 0) is 28.6 Å². The second-order valence-corrected chi connectivity index (χ2v) is 22.0. The van der Waals surface area contributed by atoms with E-state index in [1.807, 2.05) is 0 Å². The zero-order valence-corrected chi connectivity index (χ0v) is 51.4. The van der Waals surface area contributed by atoms with Crippen LogP contribution in [0.3, 0.4) is 0 Å². The van der Waals surface area contributed by atoms with Gasteiger partial charge in [0.2, 0.25) is 0 Å². The molecule has 1 unspecified atom stereocenters. The Hall–Kier alpha value is -3.67. The lowest BCUT2D eigenvalue weighted by Gasteiger charge is -2.18. The van der Waals surface area contributed by atoms with Gasteiger partial charge in [0.05, 0.1) is 0 Å². The van der Waals surface area contributed by atoms with Crippen molar-refractivity contribution in [3.63, 3.8) is 0 Å². The summed E-state index contributed by atoms with van der Waals surface area (Å²) in [6, 6.07) is 0. The standard InChI is InChI=1S/C72H124O6/c1-4-7-10-13-16-19-22-25-28-30-32-34-35-36-37-39-40-42-44-47-50-53-56-59-62-65-71(74)77-68-69(67-76-70(73)64-61-58-55-52-49-46-27-24-21-18-15-12-9-6-3)78-72(75)66-63-60-57-54-51-48-45-43-41-38-33-31-29-26-23-20-17-14-11-8-5-2/h7,10,15-16,18-19,24-25,27-28,31-34,36-37,69H,4-6,8-9,11-14,17,20-23,26,29-30,35,38-68H2,1-3H3/b10-7-,18-15-,19-16-,27-24-,28-25-,33-31-,34-32-,37-36-. The molecule has 0 heterocycles. The van der Waals surface area contributed by atoms with Crippen molar-refractivity contribution in [1.82, 2.24) is 0 Å². The molecule has 6 nitrogen and oxygen atoms in total. The molecular weight excluding hydrogens is 961 g/mol. The van der Waals surface area contributed by atoms with E-state index in [1.165, 1.54) is 167 Å². The fourth-order valence-electron chi connectivity index (χ4n) is 9.31. The molecule has 0 aliphatic carbocycles. The summed E-state index contributed by atoms with van der Waals surface area (Å²) in [5.74, 6) is -0.895. The van der Waals surface area contributed by atoms with Crippen LogP contribution in [0.5, 0.6) is 0 Å². The third-order valence-corrected chi connectivity index (χ3v) is 14.3. The van der Waals surface area contributed by atoms with Crippen molar-refractivity contribution in [2.75, 3.05) is 13.2 Å². The van der Waals surface area contributed by atoms with Crippen LogP contribution >= 0.6 is 0 Å². The molecule has 0 aliphatic heterocycles. The molecule has 1 atom stereocenters. The zero-order chi connectivity index (χ0) is 56.4. The van der Waals surface area contributed by atoms with Gasteiger partial charge in [-0.3, -0.25) is 14.4 Å². The van der Waals surface area contributed by atoms with Crippen LogP contribution in [0.4, 0.5) is 0 Å². The SMILES string of the molecule is CC/C=C\C/C=C\C/C=C\C/C=C\C/C=C\CCCCCCCCCCCC(=O)OCC(COC(=O)CCCCCCC/C=C\C/C=C\CCCC)OC(=O)CCCCCCCCCCC/C=C\CCCCCCCCCC. The molecule has 0 saturated heterocycles. The highest BCUT2D eigenvalue weighted by atomic mass is 16.6. The number of ether oxygens (including phenoxy) is 3. The van der Waals surface area contributed by atoms with Crippen molar-refractivity contribution < 1.29 is 28.6 Å². The lowest BCUT2D eigenvalue weighted by atomic mass is 10.1. The molecule has 0 radical (unpaired) electrons. The number of esters is 3. The first-order chi connectivity index (χ1) is 38.5. The molecule has 0 spiro atoms. The first-order valence-corrected chi connectivity index (χ1v) is 33.2. The molecule has 0 amide bonds. The monoisotopic (exact) mass is 1080 g/mol. The summed E-state index contributed by atoms with van der Waals surface area (Å²) in [6.45, 7) is 6.50. The average molecular weight is 1090 g/mol. The Morgan fingerprint density at radius 3 is 0.833 bits per heavy atom. The molecule has 0 aliphatic rings. The van der Waals surface area contributed by atoms with Gasteiger partial charge in [-0.25, -0.2) is 0 Å². The normalized spacial score (nSPS) is 12.7. The van der Waals surface area contributed by atoms with E-state index in [4.69, 9.17) is 14.2 Å². The summed E-state index contributed by atoms with van der Waals surface area (Å²) < 4.78 is 16.9. The second kappa shape index (κ2) is 65.8. The molecule has 0 saturated carbocycles. The molecule has 0 aromatic heterocycles. The topological polar surface area (TPSA) is 78.9 Å². The molecular formula is C72H124O6. The van der Waals surface area contributed by atoms with Gasteiger partial charge in [-0.2, -0.15) is 0 Å². The number of unbranched alkanes of at least 4 members (excludes halogenated alkanes) is 33. The predicted molar refractivity (Wildman–Crippen MR) is 339 cm³/mol. The molecule has 0 bridgehead atoms. The van der Waals surface area contributed by atoms with Gasteiger partial charge in [0.1, 0.15) is 13.2 Å². The maximum atomic E-state index is 12.9. The minimum Gasteiger partial charge on any atom is -0.462 e. The molecule has 6 heteroatoms. The van der Waals surface area contributed by atoms with Gasteiger partial charge < -0.3 is 14.2 Å². The molecule has 78 heavy (non-hydrogen) atoms. The van der Waals surface area contributed by atoms with Crippen molar-refractivity contribution in [3.8, 4) is 0 Å². The van der Waals surface area contributed by atoms with Crippen molar-refractivity contribution in [2.45, 2.75) is 329 Å². The Kier molecular flexibility index (Phi) is 62.7. The lowest BCUT2D eigenvalue weighted by molar-refractivity contribution is -0.167. The molecule has 0 aromatic rings. The maximum Gasteiger partial charge on any atom is 0.306 e. The van der Waals surface area contributed by atoms with E-state index in [0.717, 1.165) is 116 Å². The minimum absolute atomic E-state index is 0.0852. The van der Waals surface area contributed by atoms with Crippen LogP contribution in [0.1, 0.15) is 323 Å². The van der Waals surface area contributed by atoms with Crippen LogP contribution in [0.25, 0.3) is 0 Å². The Bertz CT molecular complexity index is 1530. The fourth-order valence-corrected chi connectivity index (χ4v) is 9.31. The van der Waals surface area contributed by atoms with Crippen molar-refractivity contribution in [3.05, 3.63) is 97.2 Å². The largest absolute Gasteiger partial charge is 0.462 e. The van der Waals surface area contributed by atoms with E-state index < -0.39 is 6.10 Å². The van der Waals surface area contributed by atoms with Crippen molar-refractivity contribution >= 4 is 17.9 Å². The van der Waals surface area contributed by atoms with Gasteiger partial charge in [-0.1, -0.05) is 285 Å². The van der Waals surface area contributed by atoms with Gasteiger partial charge in [0.25, 0.3) is 0 Å². The number of rotatable bonds is 60.